The molecular weight excluding hydrogens is 410 g/mol. The molecule has 2 aromatic rings. The Morgan fingerprint density at radius 2 is 2.06 bits per heavy atom. The van der Waals surface area contributed by atoms with Crippen molar-refractivity contribution in [1.82, 2.24) is 20.5 Å². The number of aromatic nitrogens is 1. The highest BCUT2D eigenvalue weighted by molar-refractivity contribution is 5.98. The van der Waals surface area contributed by atoms with Crippen LogP contribution >= 0.6 is 0 Å². The predicted molar refractivity (Wildman–Crippen MR) is 118 cm³/mol. The zero-order valence-corrected chi connectivity index (χ0v) is 17.9. The molecule has 1 aromatic carbocycles. The molecule has 2 heterocycles. The standard InChI is InChI=1S/C23H29N5O4/c29-15-27(32)14-18(11-16-5-1-2-6-16)23(31)28-21(9-10-25-28)22(30)26-19-12-17-7-3-4-8-20(17)24-13-19/h3-4,7-8,12-13,15-16,18,21,25,32H,1-2,5-6,9-11,14H2,(H,26,30)/t18?,21-/m0/s1. The van der Waals surface area contributed by atoms with Crippen LogP contribution in [0.3, 0.4) is 0 Å². The van der Waals surface area contributed by atoms with E-state index >= 15 is 0 Å². The molecular formula is C23H29N5O4. The first-order valence-electron chi connectivity index (χ1n) is 11.2. The fourth-order valence-electron chi connectivity index (χ4n) is 4.77. The Kier molecular flexibility index (Phi) is 6.96. The summed E-state index contributed by atoms with van der Waals surface area (Å²) in [5.41, 5.74) is 4.42. The lowest BCUT2D eigenvalue weighted by atomic mass is 9.92. The van der Waals surface area contributed by atoms with Crippen molar-refractivity contribution >= 4 is 34.8 Å². The summed E-state index contributed by atoms with van der Waals surface area (Å²) >= 11 is 0. The second kappa shape index (κ2) is 10.1. The number of para-hydroxylation sites is 1. The molecule has 3 amide bonds. The summed E-state index contributed by atoms with van der Waals surface area (Å²) in [5.74, 6) is -0.748. The molecule has 9 nitrogen and oxygen atoms in total. The molecule has 1 saturated carbocycles. The molecule has 4 rings (SSSR count). The number of carbonyl (C=O) groups excluding carboxylic acids is 3. The van der Waals surface area contributed by atoms with Gasteiger partial charge in [0.05, 0.1) is 29.9 Å². The molecule has 1 aliphatic carbocycles. The molecule has 3 N–H and O–H groups in total. The second-order valence-electron chi connectivity index (χ2n) is 8.64. The summed E-state index contributed by atoms with van der Waals surface area (Å²) in [6.45, 7) is 0.409. The minimum Gasteiger partial charge on any atom is -0.323 e. The van der Waals surface area contributed by atoms with E-state index in [-0.39, 0.29) is 18.4 Å². The van der Waals surface area contributed by atoms with E-state index < -0.39 is 12.0 Å². The molecule has 1 unspecified atom stereocenters. The molecule has 32 heavy (non-hydrogen) atoms. The molecule has 1 saturated heterocycles. The second-order valence-corrected chi connectivity index (χ2v) is 8.64. The van der Waals surface area contributed by atoms with Gasteiger partial charge in [-0.15, -0.1) is 0 Å². The third-order valence-corrected chi connectivity index (χ3v) is 6.38. The smallest absolute Gasteiger partial charge is 0.248 e. The lowest BCUT2D eigenvalue weighted by Crippen LogP contribution is -2.51. The fraction of sp³-hybridized carbons (Fsp3) is 0.478. The van der Waals surface area contributed by atoms with Gasteiger partial charge in [0.1, 0.15) is 6.04 Å². The summed E-state index contributed by atoms with van der Waals surface area (Å²) < 4.78 is 0. The third-order valence-electron chi connectivity index (χ3n) is 6.38. The van der Waals surface area contributed by atoms with Gasteiger partial charge in [0, 0.05) is 11.9 Å². The van der Waals surface area contributed by atoms with Crippen molar-refractivity contribution in [3.8, 4) is 0 Å². The van der Waals surface area contributed by atoms with Crippen molar-refractivity contribution in [2.24, 2.45) is 11.8 Å². The summed E-state index contributed by atoms with van der Waals surface area (Å²) in [4.78, 5) is 41.7. The summed E-state index contributed by atoms with van der Waals surface area (Å²) in [7, 11) is 0. The van der Waals surface area contributed by atoms with E-state index in [0.29, 0.717) is 42.5 Å². The lowest BCUT2D eigenvalue weighted by molar-refractivity contribution is -0.159. The minimum absolute atomic E-state index is 0.0834. The number of hydroxylamine groups is 2. The Labute approximate surface area is 186 Å². The van der Waals surface area contributed by atoms with Gasteiger partial charge in [-0.2, -0.15) is 0 Å². The molecule has 170 valence electrons. The number of carbonyl (C=O) groups is 3. The van der Waals surface area contributed by atoms with Gasteiger partial charge in [0.2, 0.25) is 18.2 Å². The van der Waals surface area contributed by atoms with Crippen LogP contribution in [0.1, 0.15) is 38.5 Å². The van der Waals surface area contributed by atoms with E-state index in [1.54, 1.807) is 6.20 Å². The highest BCUT2D eigenvalue weighted by Gasteiger charge is 2.39. The Balaban J connectivity index is 1.46. The number of anilines is 1. The average Bonchev–Trinajstić information content (AvgIpc) is 3.50. The zero-order valence-electron chi connectivity index (χ0n) is 17.9. The molecule has 2 fully saturated rings. The van der Waals surface area contributed by atoms with E-state index in [9.17, 15) is 19.6 Å². The van der Waals surface area contributed by atoms with Crippen molar-refractivity contribution < 1.29 is 19.6 Å². The van der Waals surface area contributed by atoms with E-state index in [1.165, 1.54) is 5.01 Å². The monoisotopic (exact) mass is 439 g/mol. The number of benzene rings is 1. The molecule has 1 aromatic heterocycles. The maximum atomic E-state index is 13.3. The van der Waals surface area contributed by atoms with Crippen LogP contribution in [0.15, 0.2) is 36.5 Å². The van der Waals surface area contributed by atoms with Gasteiger partial charge < -0.3 is 5.32 Å². The number of fused-ring (bicyclic) bond motifs is 1. The fourth-order valence-corrected chi connectivity index (χ4v) is 4.77. The van der Waals surface area contributed by atoms with Crippen molar-refractivity contribution in [2.75, 3.05) is 18.4 Å². The van der Waals surface area contributed by atoms with E-state index in [4.69, 9.17) is 0 Å². The van der Waals surface area contributed by atoms with Crippen molar-refractivity contribution in [2.45, 2.75) is 44.6 Å². The first-order valence-corrected chi connectivity index (χ1v) is 11.2. The number of nitrogens with zero attached hydrogens (tertiary/aromatic N) is 3. The summed E-state index contributed by atoms with van der Waals surface area (Å²) in [5, 5.41) is 15.4. The number of hydrazine groups is 1. The number of hydrogen-bond donors (Lipinski definition) is 3. The number of rotatable bonds is 8. The Morgan fingerprint density at radius 1 is 1.28 bits per heavy atom. The molecule has 2 aliphatic rings. The highest BCUT2D eigenvalue weighted by atomic mass is 16.5. The van der Waals surface area contributed by atoms with Crippen molar-refractivity contribution in [3.63, 3.8) is 0 Å². The van der Waals surface area contributed by atoms with Gasteiger partial charge in [-0.05, 0) is 30.9 Å². The molecule has 0 radical (unpaired) electrons. The van der Waals surface area contributed by atoms with Crippen LogP contribution in [-0.2, 0) is 14.4 Å². The molecule has 0 bridgehead atoms. The quantitative estimate of drug-likeness (QED) is 0.330. The van der Waals surface area contributed by atoms with Crippen molar-refractivity contribution in [1.29, 1.82) is 0 Å². The minimum atomic E-state index is -0.677. The summed E-state index contributed by atoms with van der Waals surface area (Å²) in [6, 6.07) is 8.81. The zero-order chi connectivity index (χ0) is 22.5. The van der Waals surface area contributed by atoms with Crippen LogP contribution in [0, 0.1) is 11.8 Å². The Bertz CT molecular complexity index is 978. The van der Waals surface area contributed by atoms with Gasteiger partial charge >= 0.3 is 0 Å². The van der Waals surface area contributed by atoms with Crippen LogP contribution in [-0.4, -0.2) is 57.6 Å². The number of pyridine rings is 1. The normalized spacial score (nSPS) is 19.8. The van der Waals surface area contributed by atoms with Gasteiger partial charge in [-0.1, -0.05) is 43.9 Å². The molecule has 1 aliphatic heterocycles. The van der Waals surface area contributed by atoms with Gasteiger partial charge in [-0.25, -0.2) is 10.5 Å². The van der Waals surface area contributed by atoms with Gasteiger partial charge in [0.15, 0.2) is 0 Å². The van der Waals surface area contributed by atoms with E-state index in [2.05, 4.69) is 15.7 Å². The van der Waals surface area contributed by atoms with Gasteiger partial charge in [-0.3, -0.25) is 29.6 Å². The molecule has 9 heteroatoms. The van der Waals surface area contributed by atoms with Crippen LogP contribution in [0.2, 0.25) is 0 Å². The Hall–Kier alpha value is -3.04. The van der Waals surface area contributed by atoms with Gasteiger partial charge in [0.25, 0.3) is 0 Å². The van der Waals surface area contributed by atoms with Crippen LogP contribution in [0.25, 0.3) is 10.9 Å². The first kappa shape index (κ1) is 22.2. The van der Waals surface area contributed by atoms with Crippen LogP contribution < -0.4 is 10.7 Å². The van der Waals surface area contributed by atoms with Crippen LogP contribution in [0.5, 0.6) is 0 Å². The SMILES string of the molecule is O=CN(O)CC(CC1CCCC1)C(=O)N1NCC[C@H]1C(=O)Nc1cnc2ccccc2c1. The number of nitrogens with one attached hydrogen (secondary N) is 2. The Morgan fingerprint density at radius 3 is 2.84 bits per heavy atom. The highest BCUT2D eigenvalue weighted by Crippen LogP contribution is 2.31. The predicted octanol–water partition coefficient (Wildman–Crippen LogP) is 2.32. The maximum Gasteiger partial charge on any atom is 0.248 e. The first-order chi connectivity index (χ1) is 15.5. The lowest BCUT2D eigenvalue weighted by Gasteiger charge is -2.29. The van der Waals surface area contributed by atoms with E-state index in [1.807, 2.05) is 30.3 Å². The summed E-state index contributed by atoms with van der Waals surface area (Å²) in [6.07, 6.45) is 7.33. The topological polar surface area (TPSA) is 115 Å². The number of hydrogen-bond acceptors (Lipinski definition) is 6. The van der Waals surface area contributed by atoms with E-state index in [0.717, 1.165) is 36.6 Å². The number of amides is 3. The maximum absolute atomic E-state index is 13.3. The van der Waals surface area contributed by atoms with Crippen LogP contribution in [0.4, 0.5) is 5.69 Å². The average molecular weight is 440 g/mol. The largest absolute Gasteiger partial charge is 0.323 e. The third kappa shape index (κ3) is 5.05. The van der Waals surface area contributed by atoms with Crippen molar-refractivity contribution in [3.05, 3.63) is 36.5 Å². The molecule has 2 atom stereocenters. The molecule has 0 spiro atoms.